The highest BCUT2D eigenvalue weighted by Gasteiger charge is 2.22. The monoisotopic (exact) mass is 347 g/mol. The van der Waals surface area contributed by atoms with E-state index in [2.05, 4.69) is 10.2 Å². The Kier molecular flexibility index (Phi) is 6.52. The van der Waals surface area contributed by atoms with Crippen LogP contribution in [0.3, 0.4) is 0 Å². The van der Waals surface area contributed by atoms with Gasteiger partial charge in [-0.25, -0.2) is 0 Å². The van der Waals surface area contributed by atoms with Crippen molar-refractivity contribution in [1.82, 2.24) is 10.2 Å². The molecule has 7 nitrogen and oxygen atoms in total. The van der Waals surface area contributed by atoms with E-state index < -0.39 is 0 Å². The highest BCUT2D eigenvalue weighted by molar-refractivity contribution is 5.94. The van der Waals surface area contributed by atoms with E-state index in [1.165, 1.54) is 9.80 Å². The Bertz CT molecular complexity index is 620. The lowest BCUT2D eigenvalue weighted by atomic mass is 10.1. The number of ketones is 1. The van der Waals surface area contributed by atoms with Crippen molar-refractivity contribution in [1.29, 1.82) is 0 Å². The van der Waals surface area contributed by atoms with Crippen LogP contribution in [0, 0.1) is 0 Å². The van der Waals surface area contributed by atoms with E-state index in [-0.39, 0.29) is 24.1 Å². The normalized spacial score (nSPS) is 14.9. The van der Waals surface area contributed by atoms with Crippen molar-refractivity contribution in [3.63, 3.8) is 0 Å². The maximum Gasteiger partial charge on any atom is 0.275 e. The number of nitrogens with zero attached hydrogens (tertiary/aromatic N) is 2. The zero-order valence-corrected chi connectivity index (χ0v) is 15.2. The topological polar surface area (TPSA) is 74.2 Å². The van der Waals surface area contributed by atoms with Crippen LogP contribution in [-0.2, 0) is 9.59 Å². The maximum absolute atomic E-state index is 11.9. The fourth-order valence-electron chi connectivity index (χ4n) is 2.79. The first-order valence-electron chi connectivity index (χ1n) is 8.53. The summed E-state index contributed by atoms with van der Waals surface area (Å²) in [5.74, 6) is -0.133. The molecule has 1 heterocycles. The number of Topliss-reactive ketones (excluding diaryl/α,β-unsaturated/α-hetero) is 1. The SMILES string of the molecule is CC(=O)c1ccc(N2CC[NH+](CC(=O)NCC(=O)N(C)C)CC2)cc1. The molecule has 1 saturated heterocycles. The molecule has 2 N–H and O–H groups in total. The van der Waals surface area contributed by atoms with Crippen molar-refractivity contribution >= 4 is 23.3 Å². The molecule has 1 aliphatic heterocycles. The van der Waals surface area contributed by atoms with Crippen LogP contribution in [-0.4, -0.2) is 75.9 Å². The van der Waals surface area contributed by atoms with Crippen molar-refractivity contribution in [2.45, 2.75) is 6.92 Å². The number of nitrogens with one attached hydrogen (secondary N) is 2. The van der Waals surface area contributed by atoms with Crippen molar-refractivity contribution in [3.05, 3.63) is 29.8 Å². The molecule has 0 atom stereocenters. The molecule has 25 heavy (non-hydrogen) atoms. The molecule has 1 fully saturated rings. The fraction of sp³-hybridized carbons (Fsp3) is 0.500. The van der Waals surface area contributed by atoms with Crippen LogP contribution in [0.2, 0.25) is 0 Å². The zero-order chi connectivity index (χ0) is 18.4. The Labute approximate surface area is 148 Å². The maximum atomic E-state index is 11.9. The van der Waals surface area contributed by atoms with Gasteiger partial charge in [0.05, 0.1) is 32.7 Å². The number of benzene rings is 1. The number of piperazine rings is 1. The first-order valence-corrected chi connectivity index (χ1v) is 8.53. The Balaban J connectivity index is 1.76. The summed E-state index contributed by atoms with van der Waals surface area (Å²) >= 11 is 0. The number of hydrogen-bond acceptors (Lipinski definition) is 4. The smallest absolute Gasteiger partial charge is 0.275 e. The number of amides is 2. The molecule has 0 bridgehead atoms. The molecule has 1 aromatic carbocycles. The van der Waals surface area contributed by atoms with Crippen LogP contribution >= 0.6 is 0 Å². The first kappa shape index (κ1) is 18.9. The molecule has 1 aromatic rings. The predicted molar refractivity (Wildman–Crippen MR) is 95.9 cm³/mol. The number of rotatable bonds is 6. The van der Waals surface area contributed by atoms with Crippen molar-refractivity contribution in [3.8, 4) is 0 Å². The summed E-state index contributed by atoms with van der Waals surface area (Å²) in [5, 5.41) is 2.67. The number of carbonyl (C=O) groups is 3. The summed E-state index contributed by atoms with van der Waals surface area (Å²) in [7, 11) is 3.34. The number of likely N-dealkylation sites (N-methyl/N-ethyl adjacent to an activating group) is 1. The minimum absolute atomic E-state index is 0.0493. The third-order valence-electron chi connectivity index (χ3n) is 4.46. The van der Waals surface area contributed by atoms with Crippen LogP contribution in [0.25, 0.3) is 0 Å². The summed E-state index contributed by atoms with van der Waals surface area (Å²) in [4.78, 5) is 39.7. The van der Waals surface area contributed by atoms with E-state index >= 15 is 0 Å². The lowest BCUT2D eigenvalue weighted by Crippen LogP contribution is -3.16. The van der Waals surface area contributed by atoms with Crippen LogP contribution in [0.15, 0.2) is 24.3 Å². The van der Waals surface area contributed by atoms with E-state index in [0.29, 0.717) is 6.54 Å². The average Bonchev–Trinajstić information content (AvgIpc) is 2.60. The molecular weight excluding hydrogens is 320 g/mol. The summed E-state index contributed by atoms with van der Waals surface area (Å²) < 4.78 is 0. The van der Waals surface area contributed by atoms with E-state index in [0.717, 1.165) is 37.4 Å². The minimum Gasteiger partial charge on any atom is -0.360 e. The van der Waals surface area contributed by atoms with Crippen LogP contribution < -0.4 is 15.1 Å². The predicted octanol–water partition coefficient (Wildman–Crippen LogP) is -1.20. The average molecular weight is 347 g/mol. The zero-order valence-electron chi connectivity index (χ0n) is 15.2. The molecule has 7 heteroatoms. The summed E-state index contributed by atoms with van der Waals surface area (Å²) in [5.41, 5.74) is 1.82. The molecule has 136 valence electrons. The van der Waals surface area contributed by atoms with Gasteiger partial charge in [-0.15, -0.1) is 0 Å². The van der Waals surface area contributed by atoms with Gasteiger partial charge in [-0.2, -0.15) is 0 Å². The highest BCUT2D eigenvalue weighted by atomic mass is 16.2. The molecular formula is C18H27N4O3+. The van der Waals surface area contributed by atoms with Crippen molar-refractivity contribution < 1.29 is 19.3 Å². The second-order valence-corrected chi connectivity index (χ2v) is 6.58. The van der Waals surface area contributed by atoms with Gasteiger partial charge in [0.25, 0.3) is 5.91 Å². The third-order valence-corrected chi connectivity index (χ3v) is 4.46. The van der Waals surface area contributed by atoms with E-state index in [9.17, 15) is 14.4 Å². The molecule has 2 rings (SSSR count). The van der Waals surface area contributed by atoms with Crippen LogP contribution in [0.1, 0.15) is 17.3 Å². The molecule has 0 unspecified atom stereocenters. The van der Waals surface area contributed by atoms with Gasteiger partial charge in [0.1, 0.15) is 0 Å². The van der Waals surface area contributed by atoms with Crippen molar-refractivity contribution in [2.75, 3.05) is 58.3 Å². The largest absolute Gasteiger partial charge is 0.360 e. The lowest BCUT2D eigenvalue weighted by molar-refractivity contribution is -0.892. The molecule has 0 radical (unpaired) electrons. The van der Waals surface area contributed by atoms with Gasteiger partial charge in [0.2, 0.25) is 5.91 Å². The second kappa shape index (κ2) is 8.62. The highest BCUT2D eigenvalue weighted by Crippen LogP contribution is 2.15. The standard InChI is InChI=1S/C18H26N4O3/c1-14(23)15-4-6-16(7-5-15)22-10-8-21(9-11-22)13-17(24)19-12-18(25)20(2)3/h4-7H,8-13H2,1-3H3,(H,19,24)/p+1. The number of hydrogen-bond donors (Lipinski definition) is 2. The van der Waals surface area contributed by atoms with Gasteiger partial charge in [-0.1, -0.05) is 0 Å². The minimum atomic E-state index is -0.109. The molecule has 1 aliphatic rings. The quantitative estimate of drug-likeness (QED) is 0.634. The number of anilines is 1. The van der Waals surface area contributed by atoms with Gasteiger partial charge in [-0.3, -0.25) is 14.4 Å². The van der Waals surface area contributed by atoms with E-state index in [4.69, 9.17) is 0 Å². The number of carbonyl (C=O) groups excluding carboxylic acids is 3. The molecule has 0 aromatic heterocycles. The Hall–Kier alpha value is -2.41. The summed E-state index contributed by atoms with van der Waals surface area (Å²) in [6.07, 6.45) is 0. The third kappa shape index (κ3) is 5.56. The fourth-order valence-corrected chi connectivity index (χ4v) is 2.79. The molecule has 0 saturated carbocycles. The van der Waals surface area contributed by atoms with Crippen molar-refractivity contribution in [2.24, 2.45) is 0 Å². The molecule has 0 aliphatic carbocycles. The van der Waals surface area contributed by atoms with Crippen LogP contribution in [0.5, 0.6) is 0 Å². The van der Waals surface area contributed by atoms with E-state index in [1.807, 2.05) is 24.3 Å². The Morgan fingerprint density at radius 3 is 2.24 bits per heavy atom. The van der Waals surface area contributed by atoms with E-state index in [1.54, 1.807) is 21.0 Å². The van der Waals surface area contributed by atoms with Gasteiger partial charge >= 0.3 is 0 Å². The number of quaternary nitrogens is 1. The second-order valence-electron chi connectivity index (χ2n) is 6.58. The van der Waals surface area contributed by atoms with Gasteiger partial charge < -0.3 is 20.0 Å². The first-order chi connectivity index (χ1) is 11.9. The summed E-state index contributed by atoms with van der Waals surface area (Å²) in [6.45, 7) is 5.45. The molecule has 2 amide bonds. The lowest BCUT2D eigenvalue weighted by Gasteiger charge is -2.33. The summed E-state index contributed by atoms with van der Waals surface area (Å²) in [6, 6.07) is 7.65. The van der Waals surface area contributed by atoms with Gasteiger partial charge in [0.15, 0.2) is 12.3 Å². The van der Waals surface area contributed by atoms with Crippen LogP contribution in [0.4, 0.5) is 5.69 Å². The van der Waals surface area contributed by atoms with Gasteiger partial charge in [0, 0.05) is 25.3 Å². The van der Waals surface area contributed by atoms with Gasteiger partial charge in [-0.05, 0) is 31.2 Å². The Morgan fingerprint density at radius 2 is 1.72 bits per heavy atom. The Morgan fingerprint density at radius 1 is 1.12 bits per heavy atom. The molecule has 0 spiro atoms.